The second-order valence-corrected chi connectivity index (χ2v) is 0. The molecule has 5 heteroatoms. The summed E-state index contributed by atoms with van der Waals surface area (Å²) in [5, 5.41) is 0. The van der Waals surface area contributed by atoms with E-state index in [4.69, 9.17) is 0 Å². The topological polar surface area (TPSA) is 0 Å². The van der Waals surface area contributed by atoms with Crippen LogP contribution in [-0.2, 0) is 37.1 Å². The van der Waals surface area contributed by atoms with Gasteiger partial charge in [0.15, 0.2) is 0 Å². The average molecular weight is 464 g/mol. The molecule has 0 saturated heterocycles. The molecule has 0 aromatic rings. The zero-order valence-electron chi connectivity index (χ0n) is 3.02. The molecule has 0 aromatic heterocycles. The van der Waals surface area contributed by atoms with Gasteiger partial charge in [-0.15, -0.1) is 0 Å². The molecule has 0 rings (SSSR count). The first-order valence-electron chi connectivity index (χ1n) is 0. The molecule has 0 saturated carbocycles. The Morgan fingerprint density at radius 2 is 0.400 bits per heavy atom. The summed E-state index contributed by atoms with van der Waals surface area (Å²) in [5.74, 6) is 0. The van der Waals surface area contributed by atoms with Gasteiger partial charge in [0.1, 0.15) is 0 Å². The Kier molecular flexibility index (Phi) is 198. The molecule has 28 valence electrons. The van der Waals surface area contributed by atoms with Crippen molar-refractivity contribution in [3.63, 3.8) is 0 Å². The van der Waals surface area contributed by atoms with Crippen LogP contribution in [0.2, 0.25) is 0 Å². The van der Waals surface area contributed by atoms with Crippen LogP contribution in [-0.4, -0.2) is 71.7 Å². The van der Waals surface area contributed by atoms with Gasteiger partial charge in [0, 0.05) is 37.1 Å². The molecule has 0 aromatic carbocycles. The van der Waals surface area contributed by atoms with Crippen LogP contribution in [0.1, 0.15) is 0 Å². The summed E-state index contributed by atoms with van der Waals surface area (Å²) in [7, 11) is 0. The van der Waals surface area contributed by atoms with Crippen molar-refractivity contribution in [1.29, 1.82) is 0 Å². The minimum atomic E-state index is 0. The molecule has 0 unspecified atom stereocenters. The van der Waals surface area contributed by atoms with E-state index in [0.717, 1.165) is 0 Å². The standard InChI is InChI=1S/3Sn.2V.6H. The van der Waals surface area contributed by atoms with Crippen molar-refractivity contribution >= 4 is 71.7 Å². The van der Waals surface area contributed by atoms with E-state index in [-0.39, 0.29) is 109 Å². The van der Waals surface area contributed by atoms with Crippen LogP contribution in [0.25, 0.3) is 0 Å². The van der Waals surface area contributed by atoms with Crippen molar-refractivity contribution in [3.05, 3.63) is 0 Å². The molecule has 0 nitrogen and oxygen atoms in total. The maximum atomic E-state index is 0. The van der Waals surface area contributed by atoms with E-state index in [0.29, 0.717) is 0 Å². The predicted molar refractivity (Wildman–Crippen MR) is 25.6 cm³/mol. The summed E-state index contributed by atoms with van der Waals surface area (Å²) in [6.45, 7) is 0. The molecule has 0 aliphatic heterocycles. The van der Waals surface area contributed by atoms with Gasteiger partial charge in [-0.25, -0.2) is 0 Å². The Morgan fingerprint density at radius 3 is 0.400 bits per heavy atom. The van der Waals surface area contributed by atoms with Crippen molar-refractivity contribution in [2.45, 2.75) is 0 Å². The van der Waals surface area contributed by atoms with Crippen molar-refractivity contribution < 1.29 is 37.1 Å². The van der Waals surface area contributed by atoms with E-state index in [2.05, 4.69) is 0 Å². The van der Waals surface area contributed by atoms with Gasteiger partial charge in [0.25, 0.3) is 0 Å². The summed E-state index contributed by atoms with van der Waals surface area (Å²) in [6.07, 6.45) is 0. The third-order valence-corrected chi connectivity index (χ3v) is 0. The molecule has 0 aliphatic carbocycles. The first-order valence-corrected chi connectivity index (χ1v) is 0. The first-order chi connectivity index (χ1) is 0. The van der Waals surface area contributed by atoms with Gasteiger partial charge in [-0.3, -0.25) is 0 Å². The van der Waals surface area contributed by atoms with Crippen molar-refractivity contribution in [1.82, 2.24) is 0 Å². The summed E-state index contributed by atoms with van der Waals surface area (Å²) >= 11 is 0. The van der Waals surface area contributed by atoms with Crippen molar-refractivity contribution in [2.24, 2.45) is 0 Å². The van der Waals surface area contributed by atoms with Crippen molar-refractivity contribution in [2.75, 3.05) is 0 Å². The van der Waals surface area contributed by atoms with Gasteiger partial charge in [0.05, 0.1) is 0 Å². The van der Waals surface area contributed by atoms with Gasteiger partial charge >= 0.3 is 71.7 Å². The van der Waals surface area contributed by atoms with Crippen LogP contribution in [0.15, 0.2) is 0 Å². The van der Waals surface area contributed by atoms with Crippen LogP contribution < -0.4 is 0 Å². The summed E-state index contributed by atoms with van der Waals surface area (Å²) in [6, 6.07) is 0. The van der Waals surface area contributed by atoms with Gasteiger partial charge in [-0.05, 0) is 0 Å². The minimum absolute atomic E-state index is 0. The summed E-state index contributed by atoms with van der Waals surface area (Å²) in [5.41, 5.74) is 0. The van der Waals surface area contributed by atoms with E-state index in [1.54, 1.807) is 0 Å². The summed E-state index contributed by atoms with van der Waals surface area (Å²) in [4.78, 5) is 0. The molecule has 0 heterocycles. The maximum absolute atomic E-state index is 0. The third kappa shape index (κ3) is 18.4. The van der Waals surface area contributed by atoms with Gasteiger partial charge in [0.2, 0.25) is 0 Å². The molecule has 0 aliphatic rings. The molecular formula is H6Sn3V2. The molecular weight excluding hydrogens is 458 g/mol. The second-order valence-electron chi connectivity index (χ2n) is 0. The SMILES string of the molecule is [SnH2].[SnH2].[SnH2].[V].[V]. The largest absolute Gasteiger partial charge is 0 e. The third-order valence-electron chi connectivity index (χ3n) is 0. The first kappa shape index (κ1) is 38.6. The molecule has 0 fully saturated rings. The molecule has 5 heavy (non-hydrogen) atoms. The number of hydrogen-bond acceptors (Lipinski definition) is 0. The van der Waals surface area contributed by atoms with Crippen LogP contribution in [0.3, 0.4) is 0 Å². The summed E-state index contributed by atoms with van der Waals surface area (Å²) < 4.78 is 0. The molecule has 0 spiro atoms. The number of rotatable bonds is 0. The second kappa shape index (κ2) is 25.7. The van der Waals surface area contributed by atoms with Gasteiger partial charge in [-0.1, -0.05) is 0 Å². The van der Waals surface area contributed by atoms with Crippen LogP contribution in [0, 0.1) is 0 Å². The molecule has 8 radical (unpaired) electrons. The Bertz CT molecular complexity index is 4.85. The number of hydrogen-bond donors (Lipinski definition) is 0. The quantitative estimate of drug-likeness (QED) is 0.342. The van der Waals surface area contributed by atoms with E-state index in [1.807, 2.05) is 0 Å². The van der Waals surface area contributed by atoms with E-state index < -0.39 is 0 Å². The van der Waals surface area contributed by atoms with Crippen LogP contribution in [0.4, 0.5) is 0 Å². The Hall–Kier alpha value is 3.56. The Morgan fingerprint density at radius 1 is 0.400 bits per heavy atom. The maximum Gasteiger partial charge on any atom is 0 e. The zero-order valence-corrected chi connectivity index (χ0v) is 17.9. The fourth-order valence-corrected chi connectivity index (χ4v) is 0. The molecule has 0 amide bonds. The normalized spacial score (nSPS) is 0. The van der Waals surface area contributed by atoms with Crippen LogP contribution >= 0.6 is 0 Å². The fraction of sp³-hybridized carbons (Fsp3) is 0. The van der Waals surface area contributed by atoms with Gasteiger partial charge in [-0.2, -0.15) is 0 Å². The average Bonchev–Trinajstić information content (AvgIpc) is 0. The van der Waals surface area contributed by atoms with Crippen molar-refractivity contribution in [3.8, 4) is 0 Å². The van der Waals surface area contributed by atoms with E-state index in [9.17, 15) is 0 Å². The van der Waals surface area contributed by atoms with Gasteiger partial charge < -0.3 is 0 Å². The molecule has 0 bridgehead atoms. The molecule has 0 N–H and O–H groups in total. The smallest absolute Gasteiger partial charge is 0 e. The predicted octanol–water partition coefficient (Wildman–Crippen LogP) is -2.75. The fourth-order valence-electron chi connectivity index (χ4n) is 0. The monoisotopic (exact) mass is 468 g/mol. The molecule has 0 atom stereocenters. The minimum Gasteiger partial charge on any atom is 0 e. The zero-order chi connectivity index (χ0) is 0. The van der Waals surface area contributed by atoms with Crippen LogP contribution in [0.5, 0.6) is 0 Å². The Balaban J connectivity index is 0. The Labute approximate surface area is 107 Å². The van der Waals surface area contributed by atoms with E-state index in [1.165, 1.54) is 0 Å². The van der Waals surface area contributed by atoms with E-state index >= 15 is 0 Å².